The van der Waals surface area contributed by atoms with Crippen LogP contribution in [0.15, 0.2) is 66.7 Å². The Kier molecular flexibility index (Phi) is 7.24. The third-order valence-corrected chi connectivity index (χ3v) is 6.91. The maximum atomic E-state index is 6.38. The Morgan fingerprint density at radius 3 is 2.53 bits per heavy atom. The molecule has 5 nitrogen and oxygen atoms in total. The Hall–Kier alpha value is -2.73. The zero-order chi connectivity index (χ0) is 23.3. The van der Waals surface area contributed by atoms with Crippen LogP contribution < -0.4 is 14.5 Å². The highest BCUT2D eigenvalue weighted by Crippen LogP contribution is 2.40. The van der Waals surface area contributed by atoms with Gasteiger partial charge in [0.2, 0.25) is 0 Å². The van der Waals surface area contributed by atoms with Crippen molar-refractivity contribution in [2.75, 3.05) is 62.8 Å². The summed E-state index contributed by atoms with van der Waals surface area (Å²) in [6, 6.07) is 23.3. The van der Waals surface area contributed by atoms with Crippen LogP contribution in [0.25, 0.3) is 0 Å². The first kappa shape index (κ1) is 23.0. The van der Waals surface area contributed by atoms with Crippen molar-refractivity contribution in [3.05, 3.63) is 82.9 Å². The van der Waals surface area contributed by atoms with E-state index in [0.29, 0.717) is 6.61 Å². The average molecular weight is 478 g/mol. The predicted octanol–water partition coefficient (Wildman–Crippen LogP) is 5.38. The summed E-state index contributed by atoms with van der Waals surface area (Å²) in [4.78, 5) is 7.14. The lowest BCUT2D eigenvalue weighted by molar-refractivity contribution is 0.122. The summed E-state index contributed by atoms with van der Waals surface area (Å²) in [6.45, 7) is 6.93. The molecule has 0 atom stereocenters. The van der Waals surface area contributed by atoms with Gasteiger partial charge in [0.15, 0.2) is 0 Å². The molecule has 3 aromatic rings. The Bertz CT molecular complexity index is 1100. The molecule has 0 N–H and O–H groups in total. The van der Waals surface area contributed by atoms with Gasteiger partial charge in [-0.2, -0.15) is 0 Å². The summed E-state index contributed by atoms with van der Waals surface area (Å²) < 4.78 is 11.6. The highest BCUT2D eigenvalue weighted by molar-refractivity contribution is 6.30. The molecule has 2 aliphatic heterocycles. The molecule has 1 saturated heterocycles. The molecule has 0 saturated carbocycles. The molecule has 2 heterocycles. The molecule has 0 aromatic heterocycles. The number of ether oxygens (including phenoxy) is 2. The Labute approximate surface area is 207 Å². The summed E-state index contributed by atoms with van der Waals surface area (Å²) in [7, 11) is 2.20. The number of hydrogen-bond acceptors (Lipinski definition) is 5. The van der Waals surface area contributed by atoms with Gasteiger partial charge in [-0.05, 0) is 55.4 Å². The van der Waals surface area contributed by atoms with Crippen LogP contribution in [0.5, 0.6) is 5.75 Å². The van der Waals surface area contributed by atoms with Gasteiger partial charge >= 0.3 is 0 Å². The second kappa shape index (κ2) is 10.7. The molecule has 6 heteroatoms. The smallest absolute Gasteiger partial charge is 0.143 e. The SMILES string of the molecule is CN(CCc1ccc(N2CCOCC2)cc1)CCN1c2cc(Cl)ccc2COc2ccccc21. The molecule has 0 radical (unpaired) electrons. The topological polar surface area (TPSA) is 28.2 Å². The first-order valence-corrected chi connectivity index (χ1v) is 12.4. The molecule has 1 fully saturated rings. The predicted molar refractivity (Wildman–Crippen MR) is 140 cm³/mol. The van der Waals surface area contributed by atoms with Gasteiger partial charge in [-0.1, -0.05) is 41.9 Å². The fourth-order valence-electron chi connectivity index (χ4n) is 4.64. The zero-order valence-electron chi connectivity index (χ0n) is 19.8. The summed E-state index contributed by atoms with van der Waals surface area (Å²) in [5.74, 6) is 0.915. The minimum atomic E-state index is 0.552. The van der Waals surface area contributed by atoms with Gasteiger partial charge in [-0.15, -0.1) is 0 Å². The van der Waals surface area contributed by atoms with Gasteiger partial charge in [-0.3, -0.25) is 0 Å². The van der Waals surface area contributed by atoms with Crippen LogP contribution in [0.1, 0.15) is 11.1 Å². The van der Waals surface area contributed by atoms with Crippen molar-refractivity contribution in [2.45, 2.75) is 13.0 Å². The van der Waals surface area contributed by atoms with Crippen molar-refractivity contribution in [1.82, 2.24) is 4.90 Å². The van der Waals surface area contributed by atoms with E-state index < -0.39 is 0 Å². The molecule has 0 amide bonds. The number of nitrogens with zero attached hydrogens (tertiary/aromatic N) is 3. The van der Waals surface area contributed by atoms with Crippen LogP contribution in [-0.4, -0.2) is 57.9 Å². The monoisotopic (exact) mass is 477 g/mol. The Morgan fingerprint density at radius 1 is 0.912 bits per heavy atom. The largest absolute Gasteiger partial charge is 0.487 e. The van der Waals surface area contributed by atoms with E-state index in [1.165, 1.54) is 11.3 Å². The summed E-state index contributed by atoms with van der Waals surface area (Å²) >= 11 is 6.38. The van der Waals surface area contributed by atoms with Crippen molar-refractivity contribution in [2.24, 2.45) is 0 Å². The quantitative estimate of drug-likeness (QED) is 0.455. The van der Waals surface area contributed by atoms with E-state index in [1.54, 1.807) is 0 Å². The minimum Gasteiger partial charge on any atom is -0.487 e. The summed E-state index contributed by atoms with van der Waals surface area (Å²) in [5, 5.41) is 0.747. The Balaban J connectivity index is 1.21. The third-order valence-electron chi connectivity index (χ3n) is 6.68. The van der Waals surface area contributed by atoms with Crippen LogP contribution in [0.4, 0.5) is 17.1 Å². The van der Waals surface area contributed by atoms with E-state index in [-0.39, 0.29) is 0 Å². The number of likely N-dealkylation sites (N-methyl/N-ethyl adjacent to an activating group) is 1. The third kappa shape index (κ3) is 5.33. The van der Waals surface area contributed by atoms with Crippen LogP contribution in [0, 0.1) is 0 Å². The van der Waals surface area contributed by atoms with Crippen LogP contribution >= 0.6 is 11.6 Å². The lowest BCUT2D eigenvalue weighted by Crippen LogP contribution is -2.36. The van der Waals surface area contributed by atoms with E-state index in [1.807, 2.05) is 18.2 Å². The number of hydrogen-bond donors (Lipinski definition) is 0. The first-order valence-electron chi connectivity index (χ1n) is 12.1. The van der Waals surface area contributed by atoms with E-state index >= 15 is 0 Å². The molecule has 34 heavy (non-hydrogen) atoms. The normalized spacial score (nSPS) is 15.5. The molecule has 0 spiro atoms. The first-order chi connectivity index (χ1) is 16.7. The van der Waals surface area contributed by atoms with Crippen molar-refractivity contribution in [1.29, 1.82) is 0 Å². The molecule has 2 aliphatic rings. The molecular weight excluding hydrogens is 446 g/mol. The number of halogens is 1. The summed E-state index contributed by atoms with van der Waals surface area (Å²) in [6.07, 6.45) is 1.03. The highest BCUT2D eigenvalue weighted by Gasteiger charge is 2.22. The van der Waals surface area contributed by atoms with Crippen LogP contribution in [0.3, 0.4) is 0 Å². The van der Waals surface area contributed by atoms with Gasteiger partial charge < -0.3 is 24.2 Å². The van der Waals surface area contributed by atoms with Crippen molar-refractivity contribution >= 4 is 28.7 Å². The van der Waals surface area contributed by atoms with E-state index in [0.717, 1.165) is 80.1 Å². The lowest BCUT2D eigenvalue weighted by Gasteiger charge is -2.29. The van der Waals surface area contributed by atoms with Crippen LogP contribution in [0.2, 0.25) is 5.02 Å². The lowest BCUT2D eigenvalue weighted by atomic mass is 10.1. The fraction of sp³-hybridized carbons (Fsp3) is 0.357. The van der Waals surface area contributed by atoms with E-state index in [4.69, 9.17) is 21.1 Å². The van der Waals surface area contributed by atoms with Crippen molar-refractivity contribution < 1.29 is 9.47 Å². The molecular formula is C28H32ClN3O2. The summed E-state index contributed by atoms with van der Waals surface area (Å²) in [5.41, 5.74) is 6.04. The van der Waals surface area contributed by atoms with Crippen molar-refractivity contribution in [3.63, 3.8) is 0 Å². The molecule has 3 aromatic carbocycles. The zero-order valence-corrected chi connectivity index (χ0v) is 20.5. The second-order valence-corrected chi connectivity index (χ2v) is 9.44. The molecule has 5 rings (SSSR count). The Morgan fingerprint density at radius 2 is 1.71 bits per heavy atom. The molecule has 0 bridgehead atoms. The number of fused-ring (bicyclic) bond motifs is 2. The standard InChI is InChI=1S/C28H32ClN3O2/c1-30(13-12-22-6-10-25(11-7-22)31-16-18-33-19-17-31)14-15-32-26-4-2-3-5-28(26)34-21-23-8-9-24(29)20-27(23)32/h2-11,20H,12-19,21H2,1H3. The maximum Gasteiger partial charge on any atom is 0.143 e. The van der Waals surface area contributed by atoms with Gasteiger partial charge in [0.05, 0.1) is 18.9 Å². The van der Waals surface area contributed by atoms with Crippen molar-refractivity contribution in [3.8, 4) is 5.75 Å². The minimum absolute atomic E-state index is 0.552. The van der Waals surface area contributed by atoms with E-state index in [9.17, 15) is 0 Å². The van der Waals surface area contributed by atoms with Crippen LogP contribution in [-0.2, 0) is 17.8 Å². The molecule has 178 valence electrons. The number of para-hydroxylation sites is 2. The maximum absolute atomic E-state index is 6.38. The number of morpholine rings is 1. The molecule has 0 aliphatic carbocycles. The fourth-order valence-corrected chi connectivity index (χ4v) is 4.80. The van der Waals surface area contributed by atoms with Gasteiger partial charge in [0.1, 0.15) is 12.4 Å². The van der Waals surface area contributed by atoms with Gasteiger partial charge in [0, 0.05) is 54.7 Å². The van der Waals surface area contributed by atoms with Gasteiger partial charge in [-0.25, -0.2) is 0 Å². The highest BCUT2D eigenvalue weighted by atomic mass is 35.5. The average Bonchev–Trinajstić information content (AvgIpc) is 3.03. The number of benzene rings is 3. The van der Waals surface area contributed by atoms with Gasteiger partial charge in [0.25, 0.3) is 0 Å². The van der Waals surface area contributed by atoms with E-state index in [2.05, 4.69) is 70.3 Å². The second-order valence-electron chi connectivity index (χ2n) is 9.00. The number of rotatable bonds is 7. The number of anilines is 3. The molecule has 0 unspecified atom stereocenters.